The van der Waals surface area contributed by atoms with Gasteiger partial charge in [-0.15, -0.1) is 0 Å². The van der Waals surface area contributed by atoms with Gasteiger partial charge in [0.15, 0.2) is 11.5 Å². The van der Waals surface area contributed by atoms with Gasteiger partial charge < -0.3 is 21.1 Å². The van der Waals surface area contributed by atoms with Gasteiger partial charge in [-0.1, -0.05) is 19.1 Å². The molecule has 0 aliphatic rings. The summed E-state index contributed by atoms with van der Waals surface area (Å²) in [5.74, 6) is -0.0915. The molecule has 1 aromatic heterocycles. The summed E-state index contributed by atoms with van der Waals surface area (Å²) in [6.45, 7) is 6.23. The van der Waals surface area contributed by atoms with Crippen molar-refractivity contribution in [3.63, 3.8) is 0 Å². The van der Waals surface area contributed by atoms with Crippen molar-refractivity contribution in [2.75, 3.05) is 18.5 Å². The number of nitrogens with zero attached hydrogens (tertiary/aromatic N) is 2. The van der Waals surface area contributed by atoms with E-state index >= 15 is 0 Å². The van der Waals surface area contributed by atoms with Crippen molar-refractivity contribution in [3.05, 3.63) is 41.2 Å². The normalized spacial score (nSPS) is 10.3. The second-order valence-electron chi connectivity index (χ2n) is 5.88. The molecule has 0 spiro atoms. The van der Waals surface area contributed by atoms with Crippen LogP contribution in [0.2, 0.25) is 0 Å². The van der Waals surface area contributed by atoms with Crippen molar-refractivity contribution >= 4 is 23.3 Å². The first-order chi connectivity index (χ1) is 12.9. The Morgan fingerprint density at radius 1 is 1.22 bits per heavy atom. The van der Waals surface area contributed by atoms with Gasteiger partial charge in [-0.2, -0.15) is 4.98 Å². The number of nitrogens with two attached hydrogens (primary N) is 1. The van der Waals surface area contributed by atoms with E-state index in [2.05, 4.69) is 20.6 Å². The molecule has 1 heterocycles. The van der Waals surface area contributed by atoms with Crippen LogP contribution in [0.1, 0.15) is 42.5 Å². The fraction of sp³-hybridized carbons (Fsp3) is 0.368. The van der Waals surface area contributed by atoms with Crippen LogP contribution in [0.15, 0.2) is 24.3 Å². The Balaban J connectivity index is 2.28. The van der Waals surface area contributed by atoms with Gasteiger partial charge in [0.1, 0.15) is 5.69 Å². The lowest BCUT2D eigenvalue weighted by molar-refractivity contribution is -0.118. The Morgan fingerprint density at radius 2 is 2.00 bits per heavy atom. The SMILES string of the molecule is CCOc1nc(Nc2cccc(CCNC(C)=O)c2)c(C(N)=O)nc1CC. The zero-order valence-electron chi connectivity index (χ0n) is 15.8. The van der Waals surface area contributed by atoms with E-state index in [4.69, 9.17) is 10.5 Å². The molecule has 1 aromatic carbocycles. The lowest BCUT2D eigenvalue weighted by Crippen LogP contribution is -2.22. The van der Waals surface area contributed by atoms with E-state index in [0.29, 0.717) is 37.6 Å². The molecular weight excluding hydrogens is 346 g/mol. The largest absolute Gasteiger partial charge is 0.477 e. The molecule has 2 rings (SSSR count). The van der Waals surface area contributed by atoms with Gasteiger partial charge in [-0.25, -0.2) is 4.98 Å². The number of rotatable bonds is 9. The van der Waals surface area contributed by atoms with Crippen LogP contribution in [0.3, 0.4) is 0 Å². The fourth-order valence-corrected chi connectivity index (χ4v) is 2.52. The summed E-state index contributed by atoms with van der Waals surface area (Å²) < 4.78 is 5.53. The second kappa shape index (κ2) is 9.51. The van der Waals surface area contributed by atoms with E-state index in [1.165, 1.54) is 6.92 Å². The maximum absolute atomic E-state index is 11.8. The van der Waals surface area contributed by atoms with Crippen LogP contribution in [-0.2, 0) is 17.6 Å². The van der Waals surface area contributed by atoms with Crippen LogP contribution in [0, 0.1) is 0 Å². The maximum Gasteiger partial charge on any atom is 0.271 e. The van der Waals surface area contributed by atoms with Crippen LogP contribution in [0.4, 0.5) is 11.5 Å². The van der Waals surface area contributed by atoms with E-state index in [9.17, 15) is 9.59 Å². The highest BCUT2D eigenvalue weighted by Crippen LogP contribution is 2.24. The number of aromatic nitrogens is 2. The summed E-state index contributed by atoms with van der Waals surface area (Å²) >= 11 is 0. The molecule has 144 valence electrons. The molecule has 2 amide bonds. The van der Waals surface area contributed by atoms with E-state index in [0.717, 1.165) is 11.3 Å². The number of carbonyl (C=O) groups is 2. The van der Waals surface area contributed by atoms with E-state index in [1.807, 2.05) is 38.1 Å². The summed E-state index contributed by atoms with van der Waals surface area (Å²) in [7, 11) is 0. The Morgan fingerprint density at radius 3 is 2.63 bits per heavy atom. The van der Waals surface area contributed by atoms with E-state index in [-0.39, 0.29) is 17.4 Å². The molecule has 8 nitrogen and oxygen atoms in total. The number of primary amides is 1. The number of hydrogen-bond donors (Lipinski definition) is 3. The van der Waals surface area contributed by atoms with Crippen molar-refractivity contribution < 1.29 is 14.3 Å². The van der Waals surface area contributed by atoms with Gasteiger partial charge >= 0.3 is 0 Å². The third kappa shape index (κ3) is 5.67. The monoisotopic (exact) mass is 371 g/mol. The molecular formula is C19H25N5O3. The number of ether oxygens (including phenoxy) is 1. The molecule has 8 heteroatoms. The minimum atomic E-state index is -0.662. The molecule has 0 saturated heterocycles. The van der Waals surface area contributed by atoms with Crippen molar-refractivity contribution in [1.82, 2.24) is 15.3 Å². The summed E-state index contributed by atoms with van der Waals surface area (Å²) in [6.07, 6.45) is 1.25. The molecule has 0 fully saturated rings. The average Bonchev–Trinajstić information content (AvgIpc) is 2.62. The predicted molar refractivity (Wildman–Crippen MR) is 103 cm³/mol. The molecule has 0 atom stereocenters. The van der Waals surface area contributed by atoms with Gasteiger partial charge in [0.05, 0.1) is 6.61 Å². The Labute approximate surface area is 158 Å². The molecule has 0 aliphatic heterocycles. The molecule has 27 heavy (non-hydrogen) atoms. The third-order valence-corrected chi connectivity index (χ3v) is 3.76. The van der Waals surface area contributed by atoms with Gasteiger partial charge in [0, 0.05) is 19.2 Å². The standard InChI is InChI=1S/C19H25N5O3/c1-4-15-19(27-5-2)24-18(16(23-15)17(20)26)22-14-8-6-7-13(11-14)9-10-21-12(3)25/h6-8,11H,4-5,9-10H2,1-3H3,(H2,20,26)(H,21,25)(H,22,24). The Hall–Kier alpha value is -3.16. The lowest BCUT2D eigenvalue weighted by Gasteiger charge is -2.14. The molecule has 0 saturated carbocycles. The third-order valence-electron chi connectivity index (χ3n) is 3.76. The smallest absolute Gasteiger partial charge is 0.271 e. The van der Waals surface area contributed by atoms with E-state index < -0.39 is 5.91 Å². The molecule has 0 bridgehead atoms. The Bertz CT molecular complexity index is 823. The summed E-state index contributed by atoms with van der Waals surface area (Å²) in [6, 6.07) is 7.61. The van der Waals surface area contributed by atoms with Crippen LogP contribution in [-0.4, -0.2) is 34.9 Å². The van der Waals surface area contributed by atoms with Gasteiger partial charge in [-0.05, 0) is 37.5 Å². The molecule has 0 radical (unpaired) electrons. The highest BCUT2D eigenvalue weighted by Gasteiger charge is 2.18. The van der Waals surface area contributed by atoms with Gasteiger partial charge in [-0.3, -0.25) is 9.59 Å². The zero-order chi connectivity index (χ0) is 19.8. The second-order valence-corrected chi connectivity index (χ2v) is 5.88. The minimum Gasteiger partial charge on any atom is -0.477 e. The van der Waals surface area contributed by atoms with Crippen LogP contribution < -0.4 is 21.1 Å². The number of benzene rings is 1. The first-order valence-electron chi connectivity index (χ1n) is 8.88. The van der Waals surface area contributed by atoms with Gasteiger partial charge in [0.2, 0.25) is 11.8 Å². The first kappa shape index (κ1) is 20.2. The van der Waals surface area contributed by atoms with Crippen molar-refractivity contribution in [2.45, 2.75) is 33.6 Å². The highest BCUT2D eigenvalue weighted by molar-refractivity contribution is 5.96. The number of aryl methyl sites for hydroxylation is 1. The maximum atomic E-state index is 11.8. The van der Waals surface area contributed by atoms with E-state index in [1.54, 1.807) is 0 Å². The number of carbonyl (C=O) groups excluding carboxylic acids is 2. The Kier molecular flexibility index (Phi) is 7.10. The molecule has 4 N–H and O–H groups in total. The fourth-order valence-electron chi connectivity index (χ4n) is 2.52. The van der Waals surface area contributed by atoms with Crippen LogP contribution >= 0.6 is 0 Å². The summed E-state index contributed by atoms with van der Waals surface area (Å²) in [5.41, 5.74) is 7.89. The zero-order valence-corrected chi connectivity index (χ0v) is 15.8. The number of nitrogens with one attached hydrogen (secondary N) is 2. The number of hydrogen-bond acceptors (Lipinski definition) is 6. The van der Waals surface area contributed by atoms with Gasteiger partial charge in [0.25, 0.3) is 5.91 Å². The van der Waals surface area contributed by atoms with Crippen molar-refractivity contribution in [3.8, 4) is 5.88 Å². The summed E-state index contributed by atoms with van der Waals surface area (Å²) in [5, 5.41) is 5.86. The highest BCUT2D eigenvalue weighted by atomic mass is 16.5. The quantitative estimate of drug-likeness (QED) is 0.620. The predicted octanol–water partition coefficient (Wildman–Crippen LogP) is 1.96. The average molecular weight is 371 g/mol. The summed E-state index contributed by atoms with van der Waals surface area (Å²) in [4.78, 5) is 31.5. The van der Waals surface area contributed by atoms with Crippen LogP contribution in [0.5, 0.6) is 5.88 Å². The van der Waals surface area contributed by atoms with Crippen LogP contribution in [0.25, 0.3) is 0 Å². The minimum absolute atomic E-state index is 0.0647. The molecule has 0 unspecified atom stereocenters. The molecule has 0 aliphatic carbocycles. The van der Waals surface area contributed by atoms with Crippen molar-refractivity contribution in [1.29, 1.82) is 0 Å². The molecule has 2 aromatic rings. The number of anilines is 2. The van der Waals surface area contributed by atoms with Crippen molar-refractivity contribution in [2.24, 2.45) is 5.73 Å². The topological polar surface area (TPSA) is 119 Å². The first-order valence-corrected chi connectivity index (χ1v) is 8.88. The number of amides is 2. The lowest BCUT2D eigenvalue weighted by atomic mass is 10.1.